The molecule has 58 valence electrons. The topological polar surface area (TPSA) is 50.4 Å². The minimum Gasteiger partial charge on any atom is -0.366 e. The Morgan fingerprint density at radius 2 is 2.60 bits per heavy atom. The van der Waals surface area contributed by atoms with E-state index < -0.39 is 0 Å². The van der Waals surface area contributed by atoms with Crippen molar-refractivity contribution in [1.29, 1.82) is 0 Å². The molecule has 0 aromatic heterocycles. The van der Waals surface area contributed by atoms with Crippen molar-refractivity contribution in [3.63, 3.8) is 0 Å². The van der Waals surface area contributed by atoms with E-state index in [1.807, 2.05) is 0 Å². The van der Waals surface area contributed by atoms with Crippen LogP contribution in [0.4, 0.5) is 0 Å². The molecule has 1 amide bonds. The lowest BCUT2D eigenvalue weighted by molar-refractivity contribution is -0.133. The second kappa shape index (κ2) is 3.53. The first kappa shape index (κ1) is 7.50. The Kier molecular flexibility index (Phi) is 2.65. The van der Waals surface area contributed by atoms with Gasteiger partial charge in [-0.05, 0) is 0 Å². The van der Waals surface area contributed by atoms with Gasteiger partial charge in [-0.15, -0.1) is 0 Å². The van der Waals surface area contributed by atoms with Crippen LogP contribution < -0.4 is 10.6 Å². The monoisotopic (exact) mass is 144 g/mol. The molecule has 1 aliphatic heterocycles. The van der Waals surface area contributed by atoms with Crippen LogP contribution in [0.25, 0.3) is 0 Å². The molecule has 1 fully saturated rings. The summed E-state index contributed by atoms with van der Waals surface area (Å²) in [5.74, 6) is -0.0489. The highest BCUT2D eigenvalue weighted by Gasteiger charge is 2.19. The molecule has 1 saturated heterocycles. The quantitative estimate of drug-likeness (QED) is 0.482. The van der Waals surface area contributed by atoms with Crippen molar-refractivity contribution < 1.29 is 9.53 Å². The molecule has 0 spiro atoms. The first-order valence-electron chi connectivity index (χ1n) is 3.38. The lowest BCUT2D eigenvalue weighted by atomic mass is 10.3. The van der Waals surface area contributed by atoms with E-state index in [-0.39, 0.29) is 12.0 Å². The van der Waals surface area contributed by atoms with Gasteiger partial charge in [0.2, 0.25) is 5.91 Å². The third-order valence-corrected chi connectivity index (χ3v) is 1.47. The summed E-state index contributed by atoms with van der Waals surface area (Å²) in [5.41, 5.74) is 0. The Bertz CT molecular complexity index is 121. The highest BCUT2D eigenvalue weighted by atomic mass is 16.5. The second-order valence-electron chi connectivity index (χ2n) is 2.18. The summed E-state index contributed by atoms with van der Waals surface area (Å²) >= 11 is 0. The highest BCUT2D eigenvalue weighted by molar-refractivity contribution is 5.80. The van der Waals surface area contributed by atoms with Crippen molar-refractivity contribution >= 4 is 5.91 Å². The molecule has 0 aromatic rings. The highest BCUT2D eigenvalue weighted by Crippen LogP contribution is 1.94. The summed E-state index contributed by atoms with van der Waals surface area (Å²) in [6.45, 7) is 2.09. The molecular weight excluding hydrogens is 132 g/mol. The molecule has 1 rings (SSSR count). The summed E-state index contributed by atoms with van der Waals surface area (Å²) < 4.78 is 5.16. The zero-order valence-electron chi connectivity index (χ0n) is 6.02. The van der Waals surface area contributed by atoms with Crippen LogP contribution in [0.3, 0.4) is 0 Å². The van der Waals surface area contributed by atoms with Crippen LogP contribution in [0.15, 0.2) is 0 Å². The lowest BCUT2D eigenvalue weighted by Crippen LogP contribution is -2.46. The minimum atomic E-state index is -0.293. The fourth-order valence-corrected chi connectivity index (χ4v) is 0.895. The molecule has 0 aromatic carbocycles. The number of amides is 1. The zero-order chi connectivity index (χ0) is 7.40. The van der Waals surface area contributed by atoms with Crippen LogP contribution in [0, 0.1) is 0 Å². The predicted molar refractivity (Wildman–Crippen MR) is 36.7 cm³/mol. The van der Waals surface area contributed by atoms with Gasteiger partial charge in [0.25, 0.3) is 0 Å². The molecular formula is C6H12N2O2. The van der Waals surface area contributed by atoms with Crippen molar-refractivity contribution in [1.82, 2.24) is 10.6 Å². The molecule has 1 aliphatic rings. The molecule has 10 heavy (non-hydrogen) atoms. The summed E-state index contributed by atoms with van der Waals surface area (Å²) in [6.07, 6.45) is -0.293. The first-order valence-corrected chi connectivity index (χ1v) is 3.38. The lowest BCUT2D eigenvalue weighted by Gasteiger charge is -2.21. The van der Waals surface area contributed by atoms with E-state index in [1.165, 1.54) is 0 Å². The van der Waals surface area contributed by atoms with Crippen LogP contribution >= 0.6 is 0 Å². The predicted octanol–water partition coefficient (Wildman–Crippen LogP) is -1.28. The average molecular weight is 144 g/mol. The molecule has 0 aliphatic carbocycles. The van der Waals surface area contributed by atoms with Gasteiger partial charge in [-0.2, -0.15) is 0 Å². The Balaban J connectivity index is 2.31. The number of rotatable bonds is 1. The van der Waals surface area contributed by atoms with Gasteiger partial charge in [-0.25, -0.2) is 0 Å². The minimum absolute atomic E-state index is 0.0489. The number of morpholine rings is 1. The van der Waals surface area contributed by atoms with Gasteiger partial charge >= 0.3 is 0 Å². The Hall–Kier alpha value is -0.610. The number of hydrogen-bond acceptors (Lipinski definition) is 3. The van der Waals surface area contributed by atoms with Gasteiger partial charge in [-0.1, -0.05) is 0 Å². The third-order valence-electron chi connectivity index (χ3n) is 1.47. The molecule has 0 radical (unpaired) electrons. The molecule has 0 saturated carbocycles. The van der Waals surface area contributed by atoms with E-state index in [4.69, 9.17) is 4.74 Å². The van der Waals surface area contributed by atoms with E-state index in [0.29, 0.717) is 13.2 Å². The first-order chi connectivity index (χ1) is 4.84. The summed E-state index contributed by atoms with van der Waals surface area (Å²) in [6, 6.07) is 0. The molecule has 2 N–H and O–H groups in total. The molecule has 4 heteroatoms. The van der Waals surface area contributed by atoms with Crippen LogP contribution in [0.5, 0.6) is 0 Å². The maximum absolute atomic E-state index is 10.9. The van der Waals surface area contributed by atoms with Gasteiger partial charge in [-0.3, -0.25) is 4.79 Å². The molecule has 1 unspecified atom stereocenters. The largest absolute Gasteiger partial charge is 0.366 e. The van der Waals surface area contributed by atoms with Crippen molar-refractivity contribution in [3.05, 3.63) is 0 Å². The number of carbonyl (C=O) groups is 1. The van der Waals surface area contributed by atoms with Crippen molar-refractivity contribution in [3.8, 4) is 0 Å². The smallest absolute Gasteiger partial charge is 0.250 e. The fraction of sp³-hybridized carbons (Fsp3) is 0.833. The van der Waals surface area contributed by atoms with Crippen molar-refractivity contribution in [2.24, 2.45) is 0 Å². The van der Waals surface area contributed by atoms with Gasteiger partial charge in [0.1, 0.15) is 6.10 Å². The molecule has 0 bridgehead atoms. The number of nitrogens with one attached hydrogen (secondary N) is 2. The van der Waals surface area contributed by atoms with Gasteiger partial charge in [0.15, 0.2) is 0 Å². The van der Waals surface area contributed by atoms with E-state index >= 15 is 0 Å². The Morgan fingerprint density at radius 1 is 1.80 bits per heavy atom. The van der Waals surface area contributed by atoms with Crippen molar-refractivity contribution in [2.75, 3.05) is 26.7 Å². The van der Waals surface area contributed by atoms with Crippen LogP contribution in [-0.2, 0) is 9.53 Å². The van der Waals surface area contributed by atoms with E-state index in [1.54, 1.807) is 7.05 Å². The average Bonchev–Trinajstić information content (AvgIpc) is 2.05. The number of likely N-dealkylation sites (N-methyl/N-ethyl adjacent to an activating group) is 1. The van der Waals surface area contributed by atoms with Gasteiger partial charge < -0.3 is 15.4 Å². The zero-order valence-corrected chi connectivity index (χ0v) is 6.02. The third kappa shape index (κ3) is 1.68. The summed E-state index contributed by atoms with van der Waals surface area (Å²) in [5, 5.41) is 5.59. The van der Waals surface area contributed by atoms with Crippen LogP contribution in [0.2, 0.25) is 0 Å². The number of hydrogen-bond donors (Lipinski definition) is 2. The van der Waals surface area contributed by atoms with E-state index in [9.17, 15) is 4.79 Å². The number of ether oxygens (including phenoxy) is 1. The van der Waals surface area contributed by atoms with E-state index in [2.05, 4.69) is 10.6 Å². The van der Waals surface area contributed by atoms with E-state index in [0.717, 1.165) is 6.54 Å². The Labute approximate surface area is 59.9 Å². The maximum atomic E-state index is 10.9. The standard InChI is InChI=1S/C6H12N2O2/c1-7-6(9)5-4-8-2-3-10-5/h5,8H,2-4H2,1H3,(H,7,9). The maximum Gasteiger partial charge on any atom is 0.250 e. The molecule has 1 heterocycles. The molecule has 4 nitrogen and oxygen atoms in total. The van der Waals surface area contributed by atoms with Crippen LogP contribution in [-0.4, -0.2) is 38.8 Å². The van der Waals surface area contributed by atoms with Gasteiger partial charge in [0, 0.05) is 20.1 Å². The SMILES string of the molecule is CNC(=O)C1CNCCO1. The molecule has 1 atom stereocenters. The van der Waals surface area contributed by atoms with Crippen LogP contribution in [0.1, 0.15) is 0 Å². The Morgan fingerprint density at radius 3 is 3.10 bits per heavy atom. The van der Waals surface area contributed by atoms with Gasteiger partial charge in [0.05, 0.1) is 6.61 Å². The fourth-order valence-electron chi connectivity index (χ4n) is 0.895. The summed E-state index contributed by atoms with van der Waals surface area (Å²) in [4.78, 5) is 10.9. The van der Waals surface area contributed by atoms with Crippen molar-refractivity contribution in [2.45, 2.75) is 6.10 Å². The number of carbonyl (C=O) groups excluding carboxylic acids is 1. The normalized spacial score (nSPS) is 25.9. The summed E-state index contributed by atoms with van der Waals surface area (Å²) in [7, 11) is 1.61. The second-order valence-corrected chi connectivity index (χ2v) is 2.18.